The molecule has 0 saturated heterocycles. The van der Waals surface area contributed by atoms with E-state index in [0.717, 1.165) is 10.2 Å². The van der Waals surface area contributed by atoms with Crippen molar-refractivity contribution in [2.75, 3.05) is 0 Å². The van der Waals surface area contributed by atoms with Crippen LogP contribution >= 0.6 is 11.6 Å². The van der Waals surface area contributed by atoms with Crippen LogP contribution < -0.4 is 0 Å². The van der Waals surface area contributed by atoms with Crippen LogP contribution in [0.3, 0.4) is 0 Å². The van der Waals surface area contributed by atoms with Gasteiger partial charge in [0.15, 0.2) is 0 Å². The van der Waals surface area contributed by atoms with Crippen molar-refractivity contribution in [3.63, 3.8) is 0 Å². The molecule has 0 spiro atoms. The van der Waals surface area contributed by atoms with Crippen LogP contribution in [0.15, 0.2) is 30.8 Å². The van der Waals surface area contributed by atoms with Crippen LogP contribution in [0.25, 0.3) is 5.20 Å². The molecule has 0 amide bonds. The molecule has 0 fully saturated rings. The zero-order chi connectivity index (χ0) is 9.14. The van der Waals surface area contributed by atoms with Crippen molar-refractivity contribution in [2.24, 2.45) is 0 Å². The molecule has 0 saturated carbocycles. The third-order valence-corrected chi connectivity index (χ3v) is 2.62. The third-order valence-electron chi connectivity index (χ3n) is 1.85. The smallest absolute Gasteiger partial charge is 0.0562 e. The predicted octanol–water partition coefficient (Wildman–Crippen LogP) is 2.32. The lowest BCUT2D eigenvalue weighted by Crippen LogP contribution is -1.92. The molecule has 12 heavy (non-hydrogen) atoms. The van der Waals surface area contributed by atoms with Gasteiger partial charge in [-0.2, -0.15) is 0 Å². The van der Waals surface area contributed by atoms with Crippen molar-refractivity contribution in [1.29, 1.82) is 0 Å². The average molecular weight is 197 g/mol. The third kappa shape index (κ3) is 1.99. The lowest BCUT2D eigenvalue weighted by molar-refractivity contribution is 1.08. The van der Waals surface area contributed by atoms with E-state index in [4.69, 9.17) is 11.6 Å². The van der Waals surface area contributed by atoms with Gasteiger partial charge < -0.3 is 0 Å². The lowest BCUT2D eigenvalue weighted by Gasteiger charge is -2.10. The van der Waals surface area contributed by atoms with Crippen LogP contribution in [0.5, 0.6) is 0 Å². The number of hydrogen-bond acceptors (Lipinski definition) is 0. The molecule has 1 aromatic rings. The minimum atomic E-state index is 0.0758. The maximum absolute atomic E-state index is 6.03. The van der Waals surface area contributed by atoms with Crippen LogP contribution in [0.2, 0.25) is 0 Å². The predicted molar refractivity (Wildman–Crippen MR) is 59.7 cm³/mol. The molecule has 0 nitrogen and oxygen atoms in total. The maximum Gasteiger partial charge on any atom is 0.0562 e. The van der Waals surface area contributed by atoms with E-state index < -0.39 is 0 Å². The molecule has 0 aromatic heterocycles. The van der Waals surface area contributed by atoms with Crippen molar-refractivity contribution < 1.29 is 0 Å². The van der Waals surface area contributed by atoms with Gasteiger partial charge in [0.25, 0.3) is 0 Å². The molecule has 0 radical (unpaired) electrons. The van der Waals surface area contributed by atoms with Gasteiger partial charge in [-0.15, -0.1) is 18.2 Å². The van der Waals surface area contributed by atoms with Gasteiger partial charge in [0.2, 0.25) is 0 Å². The Kier molecular flexibility index (Phi) is 3.12. The van der Waals surface area contributed by atoms with Crippen LogP contribution in [-0.2, 0) is 0 Å². The lowest BCUT2D eigenvalue weighted by atomic mass is 10.1. The first-order valence-electron chi connectivity index (χ1n) is 4.02. The number of rotatable bonds is 2. The Bertz CT molecular complexity index is 292. The first-order valence-corrected chi connectivity index (χ1v) is 5.45. The highest BCUT2D eigenvalue weighted by atomic mass is 35.5. The Morgan fingerprint density at radius 1 is 1.50 bits per heavy atom. The summed E-state index contributed by atoms with van der Waals surface area (Å²) < 4.78 is 0. The highest BCUT2D eigenvalue weighted by Crippen LogP contribution is 2.25. The zero-order valence-electron chi connectivity index (χ0n) is 7.47. The fourth-order valence-corrected chi connectivity index (χ4v) is 1.88. The van der Waals surface area contributed by atoms with Gasteiger partial charge in [-0.05, 0) is 18.1 Å². The summed E-state index contributed by atoms with van der Waals surface area (Å²) in [6.45, 7) is 5.96. The highest BCUT2D eigenvalue weighted by Gasteiger charge is 2.06. The molecule has 1 unspecified atom stereocenters. The van der Waals surface area contributed by atoms with Crippen molar-refractivity contribution >= 4 is 27.0 Å². The van der Waals surface area contributed by atoms with Gasteiger partial charge in [-0.1, -0.05) is 29.5 Å². The SMILES string of the molecule is C=C([SiH3])c1ccccc1C(C)Cl. The number of hydrogen-bond donors (Lipinski definition) is 0. The summed E-state index contributed by atoms with van der Waals surface area (Å²) >= 11 is 6.03. The van der Waals surface area contributed by atoms with Crippen molar-refractivity contribution in [2.45, 2.75) is 12.3 Å². The highest BCUT2D eigenvalue weighted by molar-refractivity contribution is 6.42. The van der Waals surface area contributed by atoms with E-state index in [9.17, 15) is 0 Å². The maximum atomic E-state index is 6.03. The van der Waals surface area contributed by atoms with Crippen molar-refractivity contribution in [1.82, 2.24) is 0 Å². The minimum absolute atomic E-state index is 0.0758. The van der Waals surface area contributed by atoms with Gasteiger partial charge in [-0.25, -0.2) is 0 Å². The molecule has 1 atom stereocenters. The summed E-state index contributed by atoms with van der Waals surface area (Å²) in [7, 11) is 0.998. The number of benzene rings is 1. The Balaban J connectivity index is 3.17. The second-order valence-corrected chi connectivity index (χ2v) is 4.85. The van der Waals surface area contributed by atoms with E-state index in [1.807, 2.05) is 19.1 Å². The van der Waals surface area contributed by atoms with Crippen molar-refractivity contribution in [3.8, 4) is 0 Å². The van der Waals surface area contributed by atoms with Crippen LogP contribution in [-0.4, -0.2) is 10.2 Å². The van der Waals surface area contributed by atoms with Crippen molar-refractivity contribution in [3.05, 3.63) is 42.0 Å². The molecule has 64 valence electrons. The summed E-state index contributed by atoms with van der Waals surface area (Å²) in [6, 6.07) is 8.20. The number of halogens is 1. The molecule has 0 N–H and O–H groups in total. The average Bonchev–Trinajstić information content (AvgIpc) is 2.04. The standard InChI is InChI=1S/C10H13ClSi/c1-7(11)9-5-3-4-6-10(9)8(2)12/h3-7H,2H2,1,12H3. The van der Waals surface area contributed by atoms with E-state index in [1.54, 1.807) is 0 Å². The monoisotopic (exact) mass is 196 g/mol. The van der Waals surface area contributed by atoms with E-state index in [2.05, 4.69) is 18.7 Å². The molecule has 0 aliphatic carbocycles. The molecule has 0 heterocycles. The molecule has 0 aliphatic rings. The minimum Gasteiger partial charge on any atom is -0.118 e. The summed E-state index contributed by atoms with van der Waals surface area (Å²) in [5.41, 5.74) is 2.42. The molecular formula is C10H13ClSi. The molecule has 2 heteroatoms. The molecule has 0 aliphatic heterocycles. The summed E-state index contributed by atoms with van der Waals surface area (Å²) in [5, 5.41) is 1.28. The van der Waals surface area contributed by atoms with Crippen LogP contribution in [0.1, 0.15) is 23.4 Å². The largest absolute Gasteiger partial charge is 0.118 e. The fourth-order valence-electron chi connectivity index (χ4n) is 1.23. The van der Waals surface area contributed by atoms with Gasteiger partial charge in [0.1, 0.15) is 0 Å². The summed E-state index contributed by atoms with van der Waals surface area (Å²) in [5.74, 6) is 0. The zero-order valence-corrected chi connectivity index (χ0v) is 10.2. The first-order chi connectivity index (χ1) is 5.63. The first kappa shape index (κ1) is 9.55. The van der Waals surface area contributed by atoms with Crippen LogP contribution in [0, 0.1) is 0 Å². The second kappa shape index (κ2) is 3.92. The van der Waals surface area contributed by atoms with E-state index in [-0.39, 0.29) is 5.38 Å². The van der Waals surface area contributed by atoms with E-state index in [0.29, 0.717) is 0 Å². The molecule has 1 rings (SSSR count). The quantitative estimate of drug-likeness (QED) is 0.503. The normalized spacial score (nSPS) is 12.8. The molecular weight excluding hydrogens is 184 g/mol. The molecule has 1 aromatic carbocycles. The topological polar surface area (TPSA) is 0 Å². The van der Waals surface area contributed by atoms with Gasteiger partial charge >= 0.3 is 0 Å². The summed E-state index contributed by atoms with van der Waals surface area (Å²) in [4.78, 5) is 0. The second-order valence-electron chi connectivity index (χ2n) is 2.98. The Hall–Kier alpha value is -0.533. The van der Waals surface area contributed by atoms with E-state index in [1.165, 1.54) is 16.3 Å². The van der Waals surface area contributed by atoms with Crippen LogP contribution in [0.4, 0.5) is 0 Å². The summed E-state index contributed by atoms with van der Waals surface area (Å²) in [6.07, 6.45) is 0. The van der Waals surface area contributed by atoms with Gasteiger partial charge in [-0.3, -0.25) is 0 Å². The Labute approximate surface area is 81.7 Å². The molecule has 0 bridgehead atoms. The Morgan fingerprint density at radius 3 is 2.50 bits per heavy atom. The van der Waals surface area contributed by atoms with Gasteiger partial charge in [0, 0.05) is 10.2 Å². The Morgan fingerprint density at radius 2 is 2.08 bits per heavy atom. The van der Waals surface area contributed by atoms with E-state index >= 15 is 0 Å². The fraction of sp³-hybridized carbons (Fsp3) is 0.200. The number of alkyl halides is 1. The van der Waals surface area contributed by atoms with Gasteiger partial charge in [0.05, 0.1) is 5.38 Å².